The number of aliphatic hydroxyl groups excluding tert-OH is 2. The fourth-order valence-electron chi connectivity index (χ4n) is 0.684. The van der Waals surface area contributed by atoms with Gasteiger partial charge in [0.1, 0.15) is 12.7 Å². The first-order chi connectivity index (χ1) is 6.74. The molecule has 0 aromatic heterocycles. The zero-order valence-electron chi connectivity index (χ0n) is 8.23. The fourth-order valence-corrected chi connectivity index (χ4v) is 0.684. The summed E-state index contributed by atoms with van der Waals surface area (Å²) in [6.45, 7) is 0.210. The Bertz CT molecular complexity index is 149. The van der Waals surface area contributed by atoms with Crippen molar-refractivity contribution in [1.29, 1.82) is 0 Å². The summed E-state index contributed by atoms with van der Waals surface area (Å²) in [7, 11) is 1.42. The summed E-state index contributed by atoms with van der Waals surface area (Å²) in [4.78, 5) is 10.9. The number of aliphatic hydroxyl groups is 2. The van der Waals surface area contributed by atoms with Gasteiger partial charge in [-0.25, -0.2) is 4.79 Å². The number of carbonyl (C=O) groups is 1. The number of hydrogen-bond acceptors (Lipinski definition) is 5. The number of methoxy groups -OCH3 is 1. The Hall–Kier alpha value is -0.850. The van der Waals surface area contributed by atoms with Crippen molar-refractivity contribution in [2.24, 2.45) is 0 Å². The lowest BCUT2D eigenvalue weighted by molar-refractivity contribution is 0.00174. The van der Waals surface area contributed by atoms with Gasteiger partial charge in [-0.3, -0.25) is 0 Å². The molecular weight excluding hydrogens is 190 g/mol. The number of carbonyl (C=O) groups excluding carboxylic acids is 1. The minimum atomic E-state index is -0.575. The minimum absolute atomic E-state index is 0.0119. The van der Waals surface area contributed by atoms with Crippen LogP contribution < -0.4 is 5.32 Å². The van der Waals surface area contributed by atoms with E-state index in [2.05, 4.69) is 5.32 Å². The highest BCUT2D eigenvalue weighted by Gasteiger charge is 2.08. The number of alkyl carbamates (subject to hydrolysis) is 1. The lowest BCUT2D eigenvalue weighted by Gasteiger charge is -2.12. The van der Waals surface area contributed by atoms with Crippen LogP contribution in [0.4, 0.5) is 4.79 Å². The monoisotopic (exact) mass is 207 g/mol. The molecule has 0 saturated carbocycles. The SMILES string of the molecule is CO[C@H](CO)COC(=O)NCCCO. The molecule has 6 nitrogen and oxygen atoms in total. The molecule has 0 saturated heterocycles. The minimum Gasteiger partial charge on any atom is -0.447 e. The highest BCUT2D eigenvalue weighted by molar-refractivity contribution is 5.67. The Balaban J connectivity index is 3.42. The largest absolute Gasteiger partial charge is 0.447 e. The molecular formula is C8H17NO5. The van der Waals surface area contributed by atoms with Crippen LogP contribution in [0.1, 0.15) is 6.42 Å². The average molecular weight is 207 g/mol. The molecule has 6 heteroatoms. The normalized spacial score (nSPS) is 12.2. The van der Waals surface area contributed by atoms with E-state index in [9.17, 15) is 4.79 Å². The van der Waals surface area contributed by atoms with Crippen molar-refractivity contribution >= 4 is 6.09 Å². The zero-order chi connectivity index (χ0) is 10.8. The van der Waals surface area contributed by atoms with Gasteiger partial charge in [-0.15, -0.1) is 0 Å². The second kappa shape index (κ2) is 8.74. The summed E-state index contributed by atoms with van der Waals surface area (Å²) in [5.74, 6) is 0. The van der Waals surface area contributed by atoms with E-state index in [1.165, 1.54) is 7.11 Å². The van der Waals surface area contributed by atoms with Crippen molar-refractivity contribution in [2.75, 3.05) is 33.5 Å². The van der Waals surface area contributed by atoms with Crippen molar-refractivity contribution in [1.82, 2.24) is 5.32 Å². The molecule has 0 rings (SSSR count). The highest BCUT2D eigenvalue weighted by atomic mass is 16.6. The topological polar surface area (TPSA) is 88.0 Å². The molecule has 14 heavy (non-hydrogen) atoms. The molecule has 0 aliphatic rings. The molecule has 1 amide bonds. The molecule has 3 N–H and O–H groups in total. The Morgan fingerprint density at radius 2 is 2.21 bits per heavy atom. The molecule has 0 bridgehead atoms. The van der Waals surface area contributed by atoms with Crippen LogP contribution in [0.25, 0.3) is 0 Å². The van der Waals surface area contributed by atoms with Gasteiger partial charge in [0.2, 0.25) is 0 Å². The van der Waals surface area contributed by atoms with Gasteiger partial charge in [0, 0.05) is 20.3 Å². The Morgan fingerprint density at radius 3 is 2.71 bits per heavy atom. The molecule has 0 aromatic rings. The standard InChI is InChI=1S/C8H17NO5/c1-13-7(5-11)6-14-8(12)9-3-2-4-10/h7,10-11H,2-6H2,1H3,(H,9,12)/t7-/m1/s1. The Morgan fingerprint density at radius 1 is 1.50 bits per heavy atom. The summed E-state index contributed by atoms with van der Waals surface area (Å²) in [6.07, 6.45) is -0.574. The number of amides is 1. The number of ether oxygens (including phenoxy) is 2. The summed E-state index contributed by atoms with van der Waals surface area (Å²) >= 11 is 0. The van der Waals surface area contributed by atoms with E-state index in [1.807, 2.05) is 0 Å². The van der Waals surface area contributed by atoms with Crippen LogP contribution in [0.3, 0.4) is 0 Å². The molecule has 0 unspecified atom stereocenters. The van der Waals surface area contributed by atoms with E-state index in [0.717, 1.165) is 0 Å². The third-order valence-electron chi connectivity index (χ3n) is 1.54. The molecule has 0 fully saturated rings. The highest BCUT2D eigenvalue weighted by Crippen LogP contribution is 1.90. The van der Waals surface area contributed by atoms with E-state index < -0.39 is 12.2 Å². The Kier molecular flexibility index (Phi) is 8.20. The van der Waals surface area contributed by atoms with Crippen molar-refractivity contribution in [3.8, 4) is 0 Å². The summed E-state index contributed by atoms with van der Waals surface area (Å²) in [6, 6.07) is 0. The maximum Gasteiger partial charge on any atom is 0.407 e. The summed E-state index contributed by atoms with van der Waals surface area (Å²) in [5.41, 5.74) is 0. The van der Waals surface area contributed by atoms with Crippen LogP contribution in [-0.4, -0.2) is 55.9 Å². The molecule has 1 atom stereocenters. The second-order valence-electron chi connectivity index (χ2n) is 2.64. The smallest absolute Gasteiger partial charge is 0.407 e. The molecule has 0 aromatic carbocycles. The van der Waals surface area contributed by atoms with E-state index in [0.29, 0.717) is 13.0 Å². The molecule has 0 radical (unpaired) electrons. The van der Waals surface area contributed by atoms with Crippen LogP contribution >= 0.6 is 0 Å². The predicted octanol–water partition coefficient (Wildman–Crippen LogP) is -0.898. The van der Waals surface area contributed by atoms with Crippen molar-refractivity contribution in [3.05, 3.63) is 0 Å². The van der Waals surface area contributed by atoms with Gasteiger partial charge < -0.3 is 25.0 Å². The van der Waals surface area contributed by atoms with Gasteiger partial charge in [-0.1, -0.05) is 0 Å². The zero-order valence-corrected chi connectivity index (χ0v) is 8.23. The van der Waals surface area contributed by atoms with Gasteiger partial charge in [0.25, 0.3) is 0 Å². The van der Waals surface area contributed by atoms with Crippen molar-refractivity contribution < 1.29 is 24.5 Å². The number of nitrogens with one attached hydrogen (secondary N) is 1. The summed E-state index contributed by atoms with van der Waals surface area (Å²) in [5, 5.41) is 19.5. The lowest BCUT2D eigenvalue weighted by atomic mass is 10.4. The van der Waals surface area contributed by atoms with Crippen LogP contribution in [0.2, 0.25) is 0 Å². The quantitative estimate of drug-likeness (QED) is 0.471. The third-order valence-corrected chi connectivity index (χ3v) is 1.54. The van der Waals surface area contributed by atoms with Gasteiger partial charge in [0.05, 0.1) is 6.61 Å². The maximum atomic E-state index is 10.9. The molecule has 0 spiro atoms. The predicted molar refractivity (Wildman–Crippen MR) is 48.9 cm³/mol. The third kappa shape index (κ3) is 6.64. The van der Waals surface area contributed by atoms with Gasteiger partial charge in [0.15, 0.2) is 0 Å². The molecule has 0 heterocycles. The fraction of sp³-hybridized carbons (Fsp3) is 0.875. The van der Waals surface area contributed by atoms with E-state index in [4.69, 9.17) is 19.7 Å². The van der Waals surface area contributed by atoms with Gasteiger partial charge >= 0.3 is 6.09 Å². The lowest BCUT2D eigenvalue weighted by Crippen LogP contribution is -2.31. The second-order valence-corrected chi connectivity index (χ2v) is 2.64. The first kappa shape index (κ1) is 13.2. The van der Waals surface area contributed by atoms with Crippen LogP contribution in [0, 0.1) is 0 Å². The molecule has 84 valence electrons. The van der Waals surface area contributed by atoms with E-state index >= 15 is 0 Å². The first-order valence-corrected chi connectivity index (χ1v) is 4.39. The van der Waals surface area contributed by atoms with Crippen molar-refractivity contribution in [2.45, 2.75) is 12.5 Å². The maximum absolute atomic E-state index is 10.9. The summed E-state index contributed by atoms with van der Waals surface area (Å²) < 4.78 is 9.50. The van der Waals surface area contributed by atoms with Gasteiger partial charge in [-0.2, -0.15) is 0 Å². The molecule has 0 aliphatic heterocycles. The van der Waals surface area contributed by atoms with Gasteiger partial charge in [-0.05, 0) is 6.42 Å². The first-order valence-electron chi connectivity index (χ1n) is 4.39. The number of rotatable bonds is 7. The average Bonchev–Trinajstić information content (AvgIpc) is 2.20. The van der Waals surface area contributed by atoms with Crippen LogP contribution in [0.5, 0.6) is 0 Å². The van der Waals surface area contributed by atoms with Crippen LogP contribution in [-0.2, 0) is 9.47 Å². The Labute approximate surface area is 82.8 Å². The van der Waals surface area contributed by atoms with Crippen LogP contribution in [0.15, 0.2) is 0 Å². The van der Waals surface area contributed by atoms with E-state index in [1.54, 1.807) is 0 Å². The van der Waals surface area contributed by atoms with Crippen molar-refractivity contribution in [3.63, 3.8) is 0 Å². The molecule has 0 aliphatic carbocycles. The number of hydrogen-bond donors (Lipinski definition) is 3. The van der Waals surface area contributed by atoms with E-state index in [-0.39, 0.29) is 19.8 Å².